The molecule has 22 heavy (non-hydrogen) atoms. The highest BCUT2D eigenvalue weighted by atomic mass is 35.5. The van der Waals surface area contributed by atoms with Crippen LogP contribution < -0.4 is 4.90 Å². The Morgan fingerprint density at radius 2 is 2.00 bits per heavy atom. The van der Waals surface area contributed by atoms with Gasteiger partial charge in [0.15, 0.2) is 0 Å². The van der Waals surface area contributed by atoms with Gasteiger partial charge in [-0.2, -0.15) is 0 Å². The molecule has 5 nitrogen and oxygen atoms in total. The predicted octanol–water partition coefficient (Wildman–Crippen LogP) is 2.35. The van der Waals surface area contributed by atoms with Crippen molar-refractivity contribution < 1.29 is 9.59 Å². The smallest absolute Gasteiger partial charge is 0.327 e. The molecule has 0 spiro atoms. The number of carbonyl (C=O) groups is 2. The third-order valence-electron chi connectivity index (χ3n) is 4.93. The van der Waals surface area contributed by atoms with Crippen LogP contribution in [0.2, 0.25) is 5.02 Å². The number of fused-ring (bicyclic) bond motifs is 1. The van der Waals surface area contributed by atoms with Crippen molar-refractivity contribution >= 4 is 29.2 Å². The summed E-state index contributed by atoms with van der Waals surface area (Å²) in [5, 5.41) is 0.704. The van der Waals surface area contributed by atoms with Gasteiger partial charge in [-0.1, -0.05) is 17.7 Å². The van der Waals surface area contributed by atoms with E-state index in [0.29, 0.717) is 11.6 Å². The average molecular weight is 320 g/mol. The first-order chi connectivity index (χ1) is 10.6. The molecule has 3 aliphatic rings. The Hall–Kier alpha value is -1.75. The van der Waals surface area contributed by atoms with Crippen molar-refractivity contribution in [1.29, 1.82) is 0 Å². The van der Waals surface area contributed by atoms with Crippen molar-refractivity contribution in [3.8, 4) is 0 Å². The fourth-order valence-electron chi connectivity index (χ4n) is 3.84. The molecule has 0 radical (unpaired) electrons. The molecule has 2 atom stereocenters. The molecule has 116 valence electrons. The molecule has 3 aliphatic heterocycles. The SMILES string of the molecule is O=C1[C@H]2CCCN2C(=O)N1C1CCN(c2cccc(Cl)c2)C1. The summed E-state index contributed by atoms with van der Waals surface area (Å²) in [5.41, 5.74) is 1.05. The van der Waals surface area contributed by atoms with Gasteiger partial charge in [-0.25, -0.2) is 4.79 Å². The van der Waals surface area contributed by atoms with Crippen molar-refractivity contribution in [3.63, 3.8) is 0 Å². The van der Waals surface area contributed by atoms with E-state index in [2.05, 4.69) is 4.90 Å². The molecule has 1 unspecified atom stereocenters. The number of anilines is 1. The summed E-state index contributed by atoms with van der Waals surface area (Å²) < 4.78 is 0. The Morgan fingerprint density at radius 1 is 1.14 bits per heavy atom. The number of benzene rings is 1. The molecule has 0 aliphatic carbocycles. The molecule has 3 heterocycles. The topological polar surface area (TPSA) is 43.9 Å². The Labute approximate surface area is 134 Å². The number of carbonyl (C=O) groups excluding carboxylic acids is 2. The molecule has 4 rings (SSSR count). The Bertz CT molecular complexity index is 614. The number of rotatable bonds is 2. The fraction of sp³-hybridized carbons (Fsp3) is 0.500. The van der Waals surface area contributed by atoms with Crippen LogP contribution in [-0.4, -0.2) is 53.5 Å². The number of nitrogens with zero attached hydrogens (tertiary/aromatic N) is 3. The van der Waals surface area contributed by atoms with E-state index in [1.807, 2.05) is 24.3 Å². The minimum absolute atomic E-state index is 0.000411. The predicted molar refractivity (Wildman–Crippen MR) is 84.0 cm³/mol. The molecular weight excluding hydrogens is 302 g/mol. The molecule has 6 heteroatoms. The second-order valence-electron chi connectivity index (χ2n) is 6.21. The van der Waals surface area contributed by atoms with E-state index in [0.717, 1.165) is 38.0 Å². The van der Waals surface area contributed by atoms with Crippen LogP contribution in [0.3, 0.4) is 0 Å². The van der Waals surface area contributed by atoms with Gasteiger partial charge in [-0.3, -0.25) is 9.69 Å². The summed E-state index contributed by atoms with van der Waals surface area (Å²) in [6, 6.07) is 7.40. The summed E-state index contributed by atoms with van der Waals surface area (Å²) in [6.45, 7) is 2.25. The number of urea groups is 1. The van der Waals surface area contributed by atoms with Crippen LogP contribution in [0, 0.1) is 0 Å². The second-order valence-corrected chi connectivity index (χ2v) is 6.65. The van der Waals surface area contributed by atoms with Crippen LogP contribution in [0.5, 0.6) is 0 Å². The maximum absolute atomic E-state index is 12.5. The first-order valence-electron chi connectivity index (χ1n) is 7.79. The molecular formula is C16H18ClN3O2. The van der Waals surface area contributed by atoms with E-state index in [9.17, 15) is 9.59 Å². The number of amides is 3. The highest BCUT2D eigenvalue weighted by Gasteiger charge is 2.50. The van der Waals surface area contributed by atoms with Crippen LogP contribution in [0.25, 0.3) is 0 Å². The molecule has 0 N–H and O–H groups in total. The summed E-state index contributed by atoms with van der Waals surface area (Å²) in [5.74, 6) is 0.000411. The van der Waals surface area contributed by atoms with E-state index in [4.69, 9.17) is 11.6 Å². The highest BCUT2D eigenvalue weighted by Crippen LogP contribution is 2.32. The Kier molecular flexibility index (Phi) is 3.26. The first kappa shape index (κ1) is 13.9. The molecule has 3 fully saturated rings. The van der Waals surface area contributed by atoms with Gasteiger partial charge in [0, 0.05) is 30.3 Å². The van der Waals surface area contributed by atoms with E-state index in [1.165, 1.54) is 4.90 Å². The number of hydrogen-bond acceptors (Lipinski definition) is 3. The monoisotopic (exact) mass is 319 g/mol. The summed E-state index contributed by atoms with van der Waals surface area (Å²) >= 11 is 6.05. The summed E-state index contributed by atoms with van der Waals surface area (Å²) in [6.07, 6.45) is 2.58. The van der Waals surface area contributed by atoms with Crippen molar-refractivity contribution in [2.75, 3.05) is 24.5 Å². The average Bonchev–Trinajstić information content (AvgIpc) is 3.19. The zero-order chi connectivity index (χ0) is 15.3. The number of hydrogen-bond donors (Lipinski definition) is 0. The van der Waals surface area contributed by atoms with Crippen LogP contribution in [-0.2, 0) is 4.79 Å². The minimum Gasteiger partial charge on any atom is -0.369 e. The van der Waals surface area contributed by atoms with Gasteiger partial charge in [0.05, 0.1) is 6.04 Å². The van der Waals surface area contributed by atoms with Gasteiger partial charge in [0.25, 0.3) is 5.91 Å². The Balaban J connectivity index is 1.51. The standard InChI is InChI=1S/C16H18ClN3O2/c17-11-3-1-4-12(9-11)18-8-6-13(10-18)20-15(21)14-5-2-7-19(14)16(20)22/h1,3-4,9,13-14H,2,5-8,10H2/t13?,14-/m1/s1. The van der Waals surface area contributed by atoms with Gasteiger partial charge in [0.2, 0.25) is 0 Å². The van der Waals surface area contributed by atoms with Gasteiger partial charge in [-0.15, -0.1) is 0 Å². The second kappa shape index (κ2) is 5.16. The lowest BCUT2D eigenvalue weighted by atomic mass is 10.2. The van der Waals surface area contributed by atoms with Crippen LogP contribution in [0.15, 0.2) is 24.3 Å². The quantitative estimate of drug-likeness (QED) is 0.786. The zero-order valence-corrected chi connectivity index (χ0v) is 13.0. The van der Waals surface area contributed by atoms with Gasteiger partial charge in [0.1, 0.15) is 6.04 Å². The third kappa shape index (κ3) is 2.07. The van der Waals surface area contributed by atoms with E-state index in [1.54, 1.807) is 4.90 Å². The normalized spacial score (nSPS) is 28.0. The third-order valence-corrected chi connectivity index (χ3v) is 5.16. The molecule has 0 bridgehead atoms. The minimum atomic E-state index is -0.201. The summed E-state index contributed by atoms with van der Waals surface area (Å²) in [4.78, 5) is 30.4. The first-order valence-corrected chi connectivity index (χ1v) is 8.17. The zero-order valence-electron chi connectivity index (χ0n) is 12.2. The summed E-state index contributed by atoms with van der Waals surface area (Å²) in [7, 11) is 0. The molecule has 0 saturated carbocycles. The van der Waals surface area contributed by atoms with Crippen LogP contribution in [0.1, 0.15) is 19.3 Å². The Morgan fingerprint density at radius 3 is 2.77 bits per heavy atom. The van der Waals surface area contributed by atoms with Gasteiger partial charge >= 0.3 is 6.03 Å². The van der Waals surface area contributed by atoms with Crippen molar-refractivity contribution in [2.45, 2.75) is 31.3 Å². The lowest BCUT2D eigenvalue weighted by Crippen LogP contribution is -2.43. The van der Waals surface area contributed by atoms with E-state index in [-0.39, 0.29) is 24.0 Å². The van der Waals surface area contributed by atoms with Crippen LogP contribution >= 0.6 is 11.6 Å². The van der Waals surface area contributed by atoms with E-state index < -0.39 is 0 Å². The maximum Gasteiger partial charge on any atom is 0.327 e. The highest BCUT2D eigenvalue weighted by molar-refractivity contribution is 6.30. The van der Waals surface area contributed by atoms with Gasteiger partial charge < -0.3 is 9.80 Å². The lowest BCUT2D eigenvalue weighted by Gasteiger charge is -2.24. The largest absolute Gasteiger partial charge is 0.369 e. The number of halogens is 1. The lowest BCUT2D eigenvalue weighted by molar-refractivity contribution is -0.129. The molecule has 1 aromatic rings. The molecule has 1 aromatic carbocycles. The maximum atomic E-state index is 12.5. The fourth-order valence-corrected chi connectivity index (χ4v) is 4.03. The van der Waals surface area contributed by atoms with E-state index >= 15 is 0 Å². The van der Waals surface area contributed by atoms with Gasteiger partial charge in [-0.05, 0) is 37.5 Å². The van der Waals surface area contributed by atoms with Crippen LogP contribution in [0.4, 0.5) is 10.5 Å². The van der Waals surface area contributed by atoms with Crippen molar-refractivity contribution in [1.82, 2.24) is 9.80 Å². The van der Waals surface area contributed by atoms with Crippen molar-refractivity contribution in [3.05, 3.63) is 29.3 Å². The molecule has 3 saturated heterocycles. The number of imide groups is 1. The van der Waals surface area contributed by atoms with Crippen molar-refractivity contribution in [2.24, 2.45) is 0 Å². The molecule has 3 amide bonds. The molecule has 0 aromatic heterocycles.